The molecule has 1 fully saturated rings. The van der Waals surface area contributed by atoms with Crippen molar-refractivity contribution in [2.24, 2.45) is 10.2 Å². The van der Waals surface area contributed by atoms with Crippen LogP contribution in [0.4, 0.5) is 5.69 Å². The molecule has 0 bridgehead atoms. The van der Waals surface area contributed by atoms with E-state index in [1.807, 2.05) is 55.5 Å². The molecule has 1 aliphatic carbocycles. The molecule has 13 nitrogen and oxygen atoms in total. The number of anilines is 1. The summed E-state index contributed by atoms with van der Waals surface area (Å²) in [6, 6.07) is 15.2. The maximum absolute atomic E-state index is 13.6. The van der Waals surface area contributed by atoms with Crippen molar-refractivity contribution in [2.45, 2.75) is 51.6 Å². The number of aromatic nitrogens is 5. The average Bonchev–Trinajstić information content (AvgIpc) is 3.85. The first kappa shape index (κ1) is 28.9. The number of carbonyl (C=O) groups is 1. The Bertz CT molecular complexity index is 1740. The van der Waals surface area contributed by atoms with E-state index in [1.54, 1.807) is 12.1 Å². The smallest absolute Gasteiger partial charge is 0.285 e. The number of aromatic amines is 1. The Labute approximate surface area is 257 Å². The molecule has 6 rings (SSSR count). The van der Waals surface area contributed by atoms with Gasteiger partial charge in [-0.15, -0.1) is 16.4 Å². The van der Waals surface area contributed by atoms with Crippen LogP contribution in [0.1, 0.15) is 65.3 Å². The van der Waals surface area contributed by atoms with Crippen LogP contribution in [-0.2, 0) is 0 Å². The van der Waals surface area contributed by atoms with Gasteiger partial charge in [-0.05, 0) is 98.3 Å². The molecule has 0 atom stereocenters. The zero-order valence-corrected chi connectivity index (χ0v) is 25.1. The van der Waals surface area contributed by atoms with E-state index < -0.39 is 0 Å². The molecular formula is C30H30N10O3S. The summed E-state index contributed by atoms with van der Waals surface area (Å²) >= 11 is 1.34. The fourth-order valence-electron chi connectivity index (χ4n) is 5.16. The summed E-state index contributed by atoms with van der Waals surface area (Å²) in [5.41, 5.74) is 6.78. The Morgan fingerprint density at radius 1 is 1.14 bits per heavy atom. The molecule has 44 heavy (non-hydrogen) atoms. The minimum Gasteiger partial charge on any atom is -0.493 e. The number of nitriles is 1. The fourth-order valence-corrected chi connectivity index (χ4v) is 6.17. The predicted octanol–water partition coefficient (Wildman–Crippen LogP) is 4.94. The van der Waals surface area contributed by atoms with Gasteiger partial charge in [-0.3, -0.25) is 10.2 Å². The Hall–Kier alpha value is -5.16. The largest absolute Gasteiger partial charge is 0.493 e. The van der Waals surface area contributed by atoms with Gasteiger partial charge < -0.3 is 9.47 Å². The highest BCUT2D eigenvalue weighted by Gasteiger charge is 2.26. The van der Waals surface area contributed by atoms with Crippen molar-refractivity contribution in [2.75, 3.05) is 19.1 Å². The van der Waals surface area contributed by atoms with Crippen molar-refractivity contribution in [3.05, 3.63) is 64.4 Å². The SMILES string of the molecule is COc1ccc(C2=NN(C(=O)c3sc(-c4ccc(N/N=C(/C#N)c5nnn[nH]5)cc4)nc3C)CCC2)cc1OC1CCCC1. The second-order valence-corrected chi connectivity index (χ2v) is 11.4. The number of nitrogens with zero attached hydrogens (tertiary/aromatic N) is 8. The van der Waals surface area contributed by atoms with E-state index in [1.165, 1.54) is 24.2 Å². The molecule has 224 valence electrons. The van der Waals surface area contributed by atoms with E-state index in [2.05, 4.69) is 36.1 Å². The number of tetrazole rings is 1. The molecule has 1 aliphatic heterocycles. The van der Waals surface area contributed by atoms with Crippen molar-refractivity contribution in [3.8, 4) is 28.1 Å². The lowest BCUT2D eigenvalue weighted by atomic mass is 10.0. The molecule has 0 saturated heterocycles. The lowest BCUT2D eigenvalue weighted by Gasteiger charge is -2.24. The molecule has 2 aromatic carbocycles. The van der Waals surface area contributed by atoms with Crippen LogP contribution in [0.25, 0.3) is 10.6 Å². The molecule has 2 aromatic heterocycles. The highest BCUT2D eigenvalue weighted by atomic mass is 32.1. The van der Waals surface area contributed by atoms with Crippen LogP contribution in [0.3, 0.4) is 0 Å². The van der Waals surface area contributed by atoms with Gasteiger partial charge in [0.1, 0.15) is 16.0 Å². The lowest BCUT2D eigenvalue weighted by Crippen LogP contribution is -2.32. The van der Waals surface area contributed by atoms with Crippen LogP contribution in [0.15, 0.2) is 52.7 Å². The van der Waals surface area contributed by atoms with Crippen molar-refractivity contribution >= 4 is 34.4 Å². The van der Waals surface area contributed by atoms with Gasteiger partial charge in [-0.2, -0.15) is 15.5 Å². The number of hydrogen-bond acceptors (Lipinski definition) is 12. The standard InChI is InChI=1S/C30H30N10O3S/c1-18-27(44-29(32-18)19-9-12-21(13-10-19)33-34-24(17-31)28-35-38-39-36-28)30(41)40-15-5-8-23(37-40)20-11-14-25(42-2)26(16-20)43-22-6-3-4-7-22/h9-14,16,22,33H,3-8,15H2,1-2H3,(H,35,36,38,39)/b34-24-. The van der Waals surface area contributed by atoms with E-state index in [4.69, 9.17) is 14.6 Å². The Balaban J connectivity index is 1.17. The molecule has 0 unspecified atom stereocenters. The summed E-state index contributed by atoms with van der Waals surface area (Å²) < 4.78 is 11.8. The number of nitrogens with one attached hydrogen (secondary N) is 2. The Morgan fingerprint density at radius 3 is 2.66 bits per heavy atom. The average molecular weight is 611 g/mol. The zero-order chi connectivity index (χ0) is 30.5. The number of H-pyrrole nitrogens is 1. The summed E-state index contributed by atoms with van der Waals surface area (Å²) in [4.78, 5) is 18.9. The highest BCUT2D eigenvalue weighted by Crippen LogP contribution is 2.34. The monoisotopic (exact) mass is 610 g/mol. The Morgan fingerprint density at radius 2 is 1.93 bits per heavy atom. The summed E-state index contributed by atoms with van der Waals surface area (Å²) in [5, 5.41) is 33.5. The van der Waals surface area contributed by atoms with Crippen molar-refractivity contribution in [3.63, 3.8) is 0 Å². The van der Waals surface area contributed by atoms with Crippen LogP contribution in [0.5, 0.6) is 11.5 Å². The molecule has 0 radical (unpaired) electrons. The Kier molecular flexibility index (Phi) is 8.55. The number of rotatable bonds is 9. The third kappa shape index (κ3) is 6.28. The second-order valence-electron chi connectivity index (χ2n) is 10.4. The van der Waals surface area contributed by atoms with E-state index in [9.17, 15) is 10.1 Å². The third-order valence-corrected chi connectivity index (χ3v) is 8.64. The number of thiazole rings is 1. The van der Waals surface area contributed by atoms with E-state index in [0.717, 1.165) is 53.3 Å². The normalized spacial score (nSPS) is 15.5. The fraction of sp³-hybridized carbons (Fsp3) is 0.333. The molecule has 2 N–H and O–H groups in total. The molecule has 2 aliphatic rings. The van der Waals surface area contributed by atoms with Gasteiger partial charge >= 0.3 is 0 Å². The van der Waals surface area contributed by atoms with Crippen molar-refractivity contribution < 1.29 is 14.3 Å². The maximum Gasteiger partial charge on any atom is 0.285 e. The number of hydrazone groups is 2. The second kappa shape index (κ2) is 13.0. The number of amides is 1. The summed E-state index contributed by atoms with van der Waals surface area (Å²) in [7, 11) is 1.64. The molecule has 14 heteroatoms. The number of aryl methyl sites for hydroxylation is 1. The molecule has 4 aromatic rings. The van der Waals surface area contributed by atoms with Crippen LogP contribution < -0.4 is 14.9 Å². The molecular weight excluding hydrogens is 580 g/mol. The van der Waals surface area contributed by atoms with Crippen LogP contribution in [0.2, 0.25) is 0 Å². The van der Waals surface area contributed by atoms with Gasteiger partial charge in [0.15, 0.2) is 11.5 Å². The van der Waals surface area contributed by atoms with Gasteiger partial charge in [-0.25, -0.2) is 15.1 Å². The lowest BCUT2D eigenvalue weighted by molar-refractivity contribution is 0.0755. The minimum atomic E-state index is -0.169. The maximum atomic E-state index is 13.6. The first-order valence-corrected chi connectivity index (χ1v) is 15.1. The summed E-state index contributed by atoms with van der Waals surface area (Å²) in [6.45, 7) is 2.37. The topological polar surface area (TPSA) is 167 Å². The van der Waals surface area contributed by atoms with Crippen molar-refractivity contribution in [1.82, 2.24) is 30.6 Å². The first-order valence-electron chi connectivity index (χ1n) is 14.3. The minimum absolute atomic E-state index is 0.0196. The molecule has 3 heterocycles. The molecule has 1 saturated carbocycles. The number of methoxy groups -OCH3 is 1. The van der Waals surface area contributed by atoms with Gasteiger partial charge in [0, 0.05) is 17.7 Å². The van der Waals surface area contributed by atoms with E-state index in [0.29, 0.717) is 28.6 Å². The number of carbonyl (C=O) groups excluding carboxylic acids is 1. The molecule has 0 spiro atoms. The van der Waals surface area contributed by atoms with Crippen molar-refractivity contribution in [1.29, 1.82) is 5.26 Å². The van der Waals surface area contributed by atoms with Gasteiger partial charge in [0.2, 0.25) is 11.5 Å². The number of ether oxygens (including phenoxy) is 2. The zero-order valence-electron chi connectivity index (χ0n) is 24.3. The molecule has 1 amide bonds. The van der Waals surface area contributed by atoms with Gasteiger partial charge in [0.25, 0.3) is 5.91 Å². The number of hydrogen-bond donors (Lipinski definition) is 2. The predicted molar refractivity (Wildman–Crippen MR) is 165 cm³/mol. The van der Waals surface area contributed by atoms with E-state index in [-0.39, 0.29) is 23.5 Å². The van der Waals surface area contributed by atoms with Gasteiger partial charge in [-0.1, -0.05) is 0 Å². The quantitative estimate of drug-likeness (QED) is 0.197. The van der Waals surface area contributed by atoms with Crippen LogP contribution >= 0.6 is 11.3 Å². The number of benzene rings is 2. The summed E-state index contributed by atoms with van der Waals surface area (Å²) in [6.07, 6.45) is 6.23. The van der Waals surface area contributed by atoms with Crippen LogP contribution in [0, 0.1) is 18.3 Å². The van der Waals surface area contributed by atoms with Crippen LogP contribution in [-0.4, -0.2) is 67.7 Å². The van der Waals surface area contributed by atoms with Gasteiger partial charge in [0.05, 0.1) is 30.3 Å². The van der Waals surface area contributed by atoms with E-state index >= 15 is 0 Å². The third-order valence-electron chi connectivity index (χ3n) is 7.45. The highest BCUT2D eigenvalue weighted by molar-refractivity contribution is 7.17. The summed E-state index contributed by atoms with van der Waals surface area (Å²) in [5.74, 6) is 1.42. The first-order chi connectivity index (χ1) is 21.5.